The lowest BCUT2D eigenvalue weighted by Gasteiger charge is -2.11. The van der Waals surface area contributed by atoms with Crippen LogP contribution in [0.25, 0.3) is 60.4 Å². The van der Waals surface area contributed by atoms with E-state index in [0.717, 1.165) is 36.9 Å². The molecule has 0 radical (unpaired) electrons. The lowest BCUT2D eigenvalue weighted by atomic mass is 9.97. The molecular weight excluding hydrogens is 775 g/mol. The fourth-order valence-electron chi connectivity index (χ4n) is 5.72. The second-order valence-electron chi connectivity index (χ2n) is 11.0. The maximum absolute atomic E-state index is 12.6. The Bertz CT molecular complexity index is 2520. The second kappa shape index (κ2) is 14.8. The Hall–Kier alpha value is -3.20. The number of aliphatic carboxylic acids is 1. The van der Waals surface area contributed by atoms with E-state index in [0.29, 0.717) is 4.91 Å². The predicted octanol–water partition coefficient (Wildman–Crippen LogP) is 10.8. The first-order chi connectivity index (χ1) is 24.4. The van der Waals surface area contributed by atoms with Crippen LogP contribution in [0.15, 0.2) is 93.3 Å². The van der Waals surface area contributed by atoms with E-state index < -0.39 is 12.5 Å². The van der Waals surface area contributed by atoms with Crippen LogP contribution < -0.4 is 10.4 Å². The fraction of sp³-hybridized carbons (Fsp3) is 0.0263. The molecule has 50 heavy (non-hydrogen) atoms. The van der Waals surface area contributed by atoms with Crippen LogP contribution in [0.1, 0.15) is 25.1 Å². The van der Waals surface area contributed by atoms with Gasteiger partial charge in [-0.2, -0.15) is 0 Å². The summed E-state index contributed by atoms with van der Waals surface area (Å²) < 4.78 is 2.91. The number of thiocarbonyl (C=S) groups is 1. The van der Waals surface area contributed by atoms with E-state index >= 15 is 0 Å². The molecule has 0 spiro atoms. The average molecular weight is 798 g/mol. The molecular formula is C38H23NO3S8. The highest BCUT2D eigenvalue weighted by Gasteiger charge is 2.33. The highest BCUT2D eigenvalue weighted by atomic mass is 32.2. The van der Waals surface area contributed by atoms with Crippen molar-refractivity contribution in [3.05, 3.63) is 129 Å². The van der Waals surface area contributed by atoms with Gasteiger partial charge in [-0.25, -0.2) is 0 Å². The van der Waals surface area contributed by atoms with Gasteiger partial charge in [0.1, 0.15) is 10.9 Å². The Morgan fingerprint density at radius 3 is 1.80 bits per heavy atom. The Balaban J connectivity index is 1.05. The number of thiophene rings is 2. The normalized spacial score (nSPS) is 17.1. The molecule has 1 fully saturated rings. The Kier molecular flexibility index (Phi) is 10.0. The zero-order valence-corrected chi connectivity index (χ0v) is 32.3. The molecule has 0 atom stereocenters. The predicted molar refractivity (Wildman–Crippen MR) is 230 cm³/mol. The van der Waals surface area contributed by atoms with Crippen LogP contribution in [-0.4, -0.2) is 32.7 Å². The van der Waals surface area contributed by atoms with Crippen LogP contribution in [0.2, 0.25) is 0 Å². The van der Waals surface area contributed by atoms with Gasteiger partial charge in [0.05, 0.1) is 13.4 Å². The molecule has 1 saturated heterocycles. The van der Waals surface area contributed by atoms with E-state index in [-0.39, 0.29) is 10.2 Å². The highest BCUT2D eigenvalue weighted by molar-refractivity contribution is 8.35. The zero-order valence-electron chi connectivity index (χ0n) is 25.7. The van der Waals surface area contributed by atoms with Gasteiger partial charge in [0.2, 0.25) is 0 Å². The Morgan fingerprint density at radius 1 is 0.680 bits per heavy atom. The lowest BCUT2D eigenvalue weighted by Crippen LogP contribution is -2.33. The Morgan fingerprint density at radius 2 is 1.20 bits per heavy atom. The van der Waals surface area contributed by atoms with Gasteiger partial charge in [-0.05, 0) is 103 Å². The molecule has 246 valence electrons. The second-order valence-corrected chi connectivity index (χ2v) is 19.2. The number of thioether (sulfide) groups is 5. The molecule has 12 heteroatoms. The Labute approximate surface area is 322 Å². The number of hydrogen-bond donors (Lipinski definition) is 1. The van der Waals surface area contributed by atoms with Gasteiger partial charge in [0.15, 0.2) is 0 Å². The van der Waals surface area contributed by atoms with Crippen LogP contribution in [0.3, 0.4) is 0 Å². The molecule has 0 saturated carbocycles. The van der Waals surface area contributed by atoms with Crippen molar-refractivity contribution < 1.29 is 14.7 Å². The average Bonchev–Trinajstić information content (AvgIpc) is 3.97. The summed E-state index contributed by atoms with van der Waals surface area (Å²) in [6.45, 7) is -0.424. The van der Waals surface area contributed by atoms with Crippen molar-refractivity contribution in [1.29, 1.82) is 0 Å². The van der Waals surface area contributed by atoms with Crippen molar-refractivity contribution in [2.24, 2.45) is 0 Å². The summed E-state index contributed by atoms with van der Waals surface area (Å²) in [5.41, 5.74) is 1.16. The third kappa shape index (κ3) is 7.00. The van der Waals surface area contributed by atoms with E-state index in [2.05, 4.69) is 101 Å². The third-order valence-corrected chi connectivity index (χ3v) is 15.5. The smallest absolute Gasteiger partial charge is 0.323 e. The van der Waals surface area contributed by atoms with Gasteiger partial charge >= 0.3 is 5.97 Å². The summed E-state index contributed by atoms with van der Waals surface area (Å²) in [6, 6.07) is 23.9. The number of benzene rings is 3. The molecule has 5 aromatic rings. The number of carbonyl (C=O) groups excluding carboxylic acids is 1. The van der Waals surface area contributed by atoms with E-state index in [4.69, 9.17) is 17.3 Å². The number of nitrogens with zero attached hydrogens (tertiary/aromatic N) is 1. The summed E-state index contributed by atoms with van der Waals surface area (Å²) in [4.78, 5) is 29.5. The molecule has 0 bridgehead atoms. The third-order valence-electron chi connectivity index (χ3n) is 7.86. The van der Waals surface area contributed by atoms with Gasteiger partial charge in [-0.3, -0.25) is 14.5 Å². The highest BCUT2D eigenvalue weighted by Crippen LogP contribution is 2.41. The van der Waals surface area contributed by atoms with Crippen LogP contribution in [0.4, 0.5) is 0 Å². The molecule has 3 aromatic carbocycles. The molecule has 3 aliphatic heterocycles. The molecule has 5 heterocycles. The quantitative estimate of drug-likeness (QED) is 0.0985. The maximum atomic E-state index is 12.6. The number of hydrogen-bond acceptors (Lipinski definition) is 10. The van der Waals surface area contributed by atoms with Crippen molar-refractivity contribution in [1.82, 2.24) is 4.90 Å². The number of fused-ring (bicyclic) bond motifs is 2. The summed E-state index contributed by atoms with van der Waals surface area (Å²) >= 11 is 16.8. The monoisotopic (exact) mass is 797 g/mol. The van der Waals surface area contributed by atoms with Crippen molar-refractivity contribution >= 4 is 170 Å². The number of carboxylic acid groups (broad SMARTS) is 1. The first-order valence-corrected chi connectivity index (χ1v) is 21.5. The van der Waals surface area contributed by atoms with Crippen LogP contribution in [0.5, 0.6) is 0 Å². The molecule has 1 N–H and O–H groups in total. The summed E-state index contributed by atoms with van der Waals surface area (Å²) in [5.74, 6) is -1.45. The molecule has 3 aliphatic rings. The minimum atomic E-state index is -1.09. The van der Waals surface area contributed by atoms with Crippen LogP contribution in [0, 0.1) is 0 Å². The maximum Gasteiger partial charge on any atom is 0.323 e. The van der Waals surface area contributed by atoms with Crippen molar-refractivity contribution in [3.8, 4) is 0 Å². The van der Waals surface area contributed by atoms with E-state index in [1.807, 2.05) is 12.1 Å². The van der Waals surface area contributed by atoms with E-state index in [1.165, 1.54) is 45.3 Å². The number of carboxylic acids is 1. The molecule has 4 nitrogen and oxygen atoms in total. The topological polar surface area (TPSA) is 57.6 Å². The van der Waals surface area contributed by atoms with Crippen molar-refractivity contribution in [2.75, 3.05) is 6.54 Å². The largest absolute Gasteiger partial charge is 0.480 e. The minimum Gasteiger partial charge on any atom is -0.480 e. The first-order valence-electron chi connectivity index (χ1n) is 15.1. The summed E-state index contributed by atoms with van der Waals surface area (Å²) in [5, 5.41) is 25.5. The molecule has 0 unspecified atom stereocenters. The summed E-state index contributed by atoms with van der Waals surface area (Å²) in [7, 11) is 0. The van der Waals surface area contributed by atoms with Crippen molar-refractivity contribution in [3.63, 3.8) is 0 Å². The molecule has 8 rings (SSSR count). The zero-order chi connectivity index (χ0) is 34.2. The SMILES string of the molecule is O=C(O)CN1C(=O)/C(=C/c2ccc(/C=C/c3ccc(/C=C/c4ccc5c(=C6SC=CS6)c6ccccc6c(=C6SC=CS6)c5c4)s3)s2)SC1=S. The van der Waals surface area contributed by atoms with Gasteiger partial charge in [0.25, 0.3) is 5.91 Å². The van der Waals surface area contributed by atoms with E-state index in [9.17, 15) is 9.59 Å². The standard InChI is InChI=1S/C38H23NO3S8/c40-32(41)21-39-35(42)31(50-38(39)43)20-26-13-12-25(49-26)11-10-24-9-8-23(48-24)7-5-22-6-14-29-30(19-22)34(37-46-17-18-47-37)28-4-2-1-3-27(28)33(29)36-44-15-16-45-36/h1-20H,21H2,(H,40,41)/b7-5+,11-10+,31-20-. The molecule has 1 amide bonds. The number of rotatable bonds is 7. The minimum absolute atomic E-state index is 0.268. The summed E-state index contributed by atoms with van der Waals surface area (Å²) in [6.07, 6.45) is 10.3. The first kappa shape index (κ1) is 33.9. The molecule has 0 aliphatic carbocycles. The number of carbonyl (C=O) groups is 2. The van der Waals surface area contributed by atoms with Gasteiger partial charge in [-0.1, -0.05) is 114 Å². The van der Waals surface area contributed by atoms with E-state index in [1.54, 1.807) is 75.8 Å². The van der Waals surface area contributed by atoms with Crippen molar-refractivity contribution in [2.45, 2.75) is 0 Å². The van der Waals surface area contributed by atoms with Gasteiger partial charge in [-0.15, -0.1) is 22.7 Å². The van der Waals surface area contributed by atoms with Gasteiger partial charge < -0.3 is 5.11 Å². The molecule has 2 aromatic heterocycles. The van der Waals surface area contributed by atoms with Crippen LogP contribution >= 0.6 is 93.7 Å². The van der Waals surface area contributed by atoms with Gasteiger partial charge in [0, 0.05) is 29.9 Å². The fourth-order valence-corrected chi connectivity index (χ4v) is 12.6. The number of amides is 1. The lowest BCUT2D eigenvalue weighted by molar-refractivity contribution is -0.140. The van der Waals surface area contributed by atoms with Crippen LogP contribution in [-0.2, 0) is 9.59 Å².